The SMILES string of the molecule is CCOC(=O)c1ccc(NC2=Nc3ccccc3N3C2=Nc2c(c(C)nn2-c2ccccc2)C3c2ccc(Cl)c(Cl)c2)cc1. The predicted octanol–water partition coefficient (Wildman–Crippen LogP) is 8.46. The molecule has 7 rings (SSSR count). The van der Waals surface area contributed by atoms with Crippen LogP contribution in [0, 0.1) is 6.92 Å². The molecule has 4 aromatic carbocycles. The Balaban J connectivity index is 1.42. The highest BCUT2D eigenvalue weighted by Crippen LogP contribution is 2.48. The summed E-state index contributed by atoms with van der Waals surface area (Å²) >= 11 is 13.0. The van der Waals surface area contributed by atoms with Crippen molar-refractivity contribution in [3.05, 3.63) is 129 Å². The monoisotopic (exact) mass is 620 g/mol. The number of carbonyl (C=O) groups is 1. The van der Waals surface area contributed by atoms with Crippen molar-refractivity contribution in [1.82, 2.24) is 9.78 Å². The Morgan fingerprint density at radius 3 is 2.41 bits per heavy atom. The van der Waals surface area contributed by atoms with Crippen molar-refractivity contribution < 1.29 is 9.53 Å². The fourth-order valence-corrected chi connectivity index (χ4v) is 5.89. The van der Waals surface area contributed by atoms with Gasteiger partial charge in [-0.15, -0.1) is 0 Å². The van der Waals surface area contributed by atoms with Gasteiger partial charge in [-0.05, 0) is 80.1 Å². The van der Waals surface area contributed by atoms with Gasteiger partial charge in [0.1, 0.15) is 0 Å². The molecule has 1 N–H and O–H groups in total. The van der Waals surface area contributed by atoms with Crippen LogP contribution in [0.25, 0.3) is 5.69 Å². The third-order valence-electron chi connectivity index (χ3n) is 7.56. The van der Waals surface area contributed by atoms with E-state index < -0.39 is 0 Å². The van der Waals surface area contributed by atoms with Crippen LogP contribution in [0.1, 0.15) is 40.1 Å². The molecule has 3 heterocycles. The lowest BCUT2D eigenvalue weighted by Gasteiger charge is -2.40. The number of hydrogen-bond acceptors (Lipinski definition) is 7. The van der Waals surface area contributed by atoms with E-state index in [1.807, 2.05) is 96.5 Å². The second-order valence-electron chi connectivity index (χ2n) is 10.3. The number of aliphatic imine (C=N–C) groups is 2. The minimum absolute atomic E-state index is 0.311. The molecular weight excluding hydrogens is 595 g/mol. The molecule has 0 radical (unpaired) electrons. The average Bonchev–Trinajstić information content (AvgIpc) is 3.38. The summed E-state index contributed by atoms with van der Waals surface area (Å²) < 4.78 is 7.01. The van der Waals surface area contributed by atoms with Crippen LogP contribution in [-0.2, 0) is 4.74 Å². The van der Waals surface area contributed by atoms with E-state index in [1.54, 1.807) is 19.1 Å². The largest absolute Gasteiger partial charge is 0.462 e. The quantitative estimate of drug-likeness (QED) is 0.199. The molecule has 0 spiro atoms. The summed E-state index contributed by atoms with van der Waals surface area (Å²) in [5, 5.41) is 9.36. The maximum atomic E-state index is 12.2. The number of carbonyl (C=O) groups excluding carboxylic acids is 1. The lowest BCUT2D eigenvalue weighted by atomic mass is 9.93. The van der Waals surface area contributed by atoms with Gasteiger partial charge in [-0.3, -0.25) is 0 Å². The van der Waals surface area contributed by atoms with Gasteiger partial charge in [0.2, 0.25) is 0 Å². The number of benzene rings is 4. The standard InChI is InChI=1S/C34H26Cl2N6O2/c1-3-44-34(43)21-13-16-23(17-14-21)37-31-33-39-32-29(20(2)40-42(32)24-9-5-4-6-10-24)30(22-15-18-25(35)26(36)19-22)41(33)28-12-8-7-11-27(28)38-31/h4-19,30H,3H2,1-2H3,(H,37,38). The van der Waals surface area contributed by atoms with E-state index in [0.717, 1.165) is 39.6 Å². The molecule has 10 heteroatoms. The van der Waals surface area contributed by atoms with Gasteiger partial charge in [-0.25, -0.2) is 19.5 Å². The van der Waals surface area contributed by atoms with Crippen LogP contribution in [0.3, 0.4) is 0 Å². The maximum absolute atomic E-state index is 12.2. The zero-order chi connectivity index (χ0) is 30.4. The topological polar surface area (TPSA) is 84.1 Å². The second kappa shape index (κ2) is 11.3. The lowest BCUT2D eigenvalue weighted by molar-refractivity contribution is 0.0526. The molecule has 0 bridgehead atoms. The Hall–Kier alpha value is -4.92. The van der Waals surface area contributed by atoms with Crippen molar-refractivity contribution in [1.29, 1.82) is 0 Å². The van der Waals surface area contributed by atoms with Crippen LogP contribution in [0.2, 0.25) is 10.0 Å². The smallest absolute Gasteiger partial charge is 0.338 e. The highest BCUT2D eigenvalue weighted by atomic mass is 35.5. The molecule has 8 nitrogen and oxygen atoms in total. The van der Waals surface area contributed by atoms with Gasteiger partial charge in [0.15, 0.2) is 17.5 Å². The molecule has 1 unspecified atom stereocenters. The highest BCUT2D eigenvalue weighted by molar-refractivity contribution is 6.51. The fraction of sp³-hybridized carbons (Fsp3) is 0.118. The number of amidine groups is 2. The number of nitrogens with one attached hydrogen (secondary N) is 1. The number of fused-ring (bicyclic) bond motifs is 4. The Morgan fingerprint density at radius 2 is 1.66 bits per heavy atom. The van der Waals surface area contributed by atoms with Crippen molar-refractivity contribution in [3.8, 4) is 5.69 Å². The van der Waals surface area contributed by atoms with Crippen molar-refractivity contribution >= 4 is 63.7 Å². The highest BCUT2D eigenvalue weighted by Gasteiger charge is 2.41. The molecule has 0 amide bonds. The van der Waals surface area contributed by atoms with Crippen molar-refractivity contribution in [2.45, 2.75) is 19.9 Å². The maximum Gasteiger partial charge on any atom is 0.338 e. The van der Waals surface area contributed by atoms with E-state index in [1.165, 1.54) is 0 Å². The number of ether oxygens (including phenoxy) is 1. The van der Waals surface area contributed by atoms with Crippen LogP contribution in [0.4, 0.5) is 22.9 Å². The first-order chi connectivity index (χ1) is 21.4. The molecule has 0 saturated carbocycles. The number of rotatable bonds is 5. The molecule has 218 valence electrons. The van der Waals surface area contributed by atoms with Crippen molar-refractivity contribution in [2.24, 2.45) is 9.98 Å². The Morgan fingerprint density at radius 1 is 0.909 bits per heavy atom. The van der Waals surface area contributed by atoms with Gasteiger partial charge < -0.3 is 15.0 Å². The fourth-order valence-electron chi connectivity index (χ4n) is 5.59. The average molecular weight is 622 g/mol. The third kappa shape index (κ3) is 4.82. The van der Waals surface area contributed by atoms with Gasteiger partial charge in [0.05, 0.1) is 51.0 Å². The summed E-state index contributed by atoms with van der Waals surface area (Å²) in [5.74, 6) is 1.48. The second-order valence-corrected chi connectivity index (χ2v) is 11.1. The molecule has 5 aromatic rings. The van der Waals surface area contributed by atoms with E-state index in [4.69, 9.17) is 43.0 Å². The summed E-state index contributed by atoms with van der Waals surface area (Å²) in [6, 6.07) is 30.3. The van der Waals surface area contributed by atoms with Crippen LogP contribution in [-0.4, -0.2) is 34.0 Å². The van der Waals surface area contributed by atoms with Gasteiger partial charge in [-0.2, -0.15) is 5.10 Å². The first kappa shape index (κ1) is 27.9. The van der Waals surface area contributed by atoms with Crippen LogP contribution in [0.5, 0.6) is 0 Å². The number of anilines is 2. The summed E-state index contributed by atoms with van der Waals surface area (Å²) in [6.07, 6.45) is 0. The summed E-state index contributed by atoms with van der Waals surface area (Å²) in [7, 11) is 0. The van der Waals surface area contributed by atoms with Crippen LogP contribution in [0.15, 0.2) is 107 Å². The number of hydrogen-bond donors (Lipinski definition) is 1. The Labute approximate surface area is 264 Å². The molecular formula is C34H26Cl2N6O2. The predicted molar refractivity (Wildman–Crippen MR) is 176 cm³/mol. The van der Waals surface area contributed by atoms with Crippen LogP contribution < -0.4 is 10.2 Å². The number of esters is 1. The number of halogens is 2. The Bertz CT molecular complexity index is 1970. The molecule has 44 heavy (non-hydrogen) atoms. The first-order valence-electron chi connectivity index (χ1n) is 14.1. The minimum atomic E-state index is -0.368. The molecule has 1 atom stereocenters. The molecule has 0 aliphatic carbocycles. The van der Waals surface area contributed by atoms with Crippen molar-refractivity contribution in [3.63, 3.8) is 0 Å². The number of para-hydroxylation sites is 3. The molecule has 1 aromatic heterocycles. The number of nitrogens with zero attached hydrogens (tertiary/aromatic N) is 5. The van der Waals surface area contributed by atoms with E-state index in [-0.39, 0.29) is 12.0 Å². The van der Waals surface area contributed by atoms with Crippen molar-refractivity contribution in [2.75, 3.05) is 16.8 Å². The third-order valence-corrected chi connectivity index (χ3v) is 8.30. The zero-order valence-corrected chi connectivity index (χ0v) is 25.3. The summed E-state index contributed by atoms with van der Waals surface area (Å²) in [4.78, 5) is 24.7. The number of aryl methyl sites for hydroxylation is 1. The lowest BCUT2D eigenvalue weighted by Crippen LogP contribution is -2.46. The zero-order valence-electron chi connectivity index (χ0n) is 23.8. The first-order valence-corrected chi connectivity index (χ1v) is 14.9. The van der Waals surface area contributed by atoms with E-state index in [9.17, 15) is 4.79 Å². The minimum Gasteiger partial charge on any atom is -0.462 e. The summed E-state index contributed by atoms with van der Waals surface area (Å²) in [5.41, 5.74) is 6.48. The summed E-state index contributed by atoms with van der Waals surface area (Å²) in [6.45, 7) is 4.09. The molecule has 0 saturated heterocycles. The van der Waals surface area contributed by atoms with E-state index in [0.29, 0.717) is 39.7 Å². The van der Waals surface area contributed by atoms with Gasteiger partial charge in [0, 0.05) is 11.3 Å². The van der Waals surface area contributed by atoms with Gasteiger partial charge in [0.25, 0.3) is 0 Å². The van der Waals surface area contributed by atoms with Crippen LogP contribution >= 0.6 is 23.2 Å². The van der Waals surface area contributed by atoms with E-state index >= 15 is 0 Å². The van der Waals surface area contributed by atoms with Gasteiger partial charge >= 0.3 is 5.97 Å². The molecule has 2 aliphatic heterocycles. The Kier molecular flexibility index (Phi) is 7.16. The molecule has 0 fully saturated rings. The van der Waals surface area contributed by atoms with E-state index in [2.05, 4.69) is 10.2 Å². The number of aromatic nitrogens is 2. The van der Waals surface area contributed by atoms with Gasteiger partial charge in [-0.1, -0.05) is 59.6 Å². The molecule has 2 aliphatic rings. The normalized spacial score (nSPS) is 15.0.